The lowest BCUT2D eigenvalue weighted by Crippen LogP contribution is -2.08. The van der Waals surface area contributed by atoms with Crippen LogP contribution in [0.1, 0.15) is 33.2 Å². The Balaban J connectivity index is 3.40. The van der Waals surface area contributed by atoms with Crippen LogP contribution in [0.4, 0.5) is 0 Å². The molecule has 0 spiro atoms. The largest absolute Gasteiger partial charge is 0.496 e. The number of halogens is 1. The van der Waals surface area contributed by atoms with Gasteiger partial charge >= 0.3 is 5.97 Å². The predicted molar refractivity (Wildman–Crippen MR) is 66.4 cm³/mol. The summed E-state index contributed by atoms with van der Waals surface area (Å²) in [6, 6.07) is 3.51. The maximum Gasteiger partial charge on any atom is 0.338 e. The number of esters is 1. The van der Waals surface area contributed by atoms with Gasteiger partial charge in [0.05, 0.1) is 19.8 Å². The van der Waals surface area contributed by atoms with Gasteiger partial charge in [-0.05, 0) is 37.1 Å². The van der Waals surface area contributed by atoms with Gasteiger partial charge < -0.3 is 9.47 Å². The average Bonchev–Trinajstić information content (AvgIpc) is 2.26. The monoisotopic (exact) mass is 286 g/mol. The first-order chi connectivity index (χ1) is 7.52. The van der Waals surface area contributed by atoms with Crippen LogP contribution in [0.5, 0.6) is 5.75 Å². The molecule has 16 heavy (non-hydrogen) atoms. The van der Waals surface area contributed by atoms with Gasteiger partial charge in [0.2, 0.25) is 0 Å². The molecule has 0 aliphatic rings. The second-order valence-electron chi connectivity index (χ2n) is 3.46. The highest BCUT2D eigenvalue weighted by Gasteiger charge is 2.19. The zero-order valence-electron chi connectivity index (χ0n) is 9.83. The van der Waals surface area contributed by atoms with E-state index in [1.165, 1.54) is 7.11 Å². The topological polar surface area (TPSA) is 35.5 Å². The van der Waals surface area contributed by atoms with E-state index >= 15 is 0 Å². The lowest BCUT2D eigenvalue weighted by atomic mass is 9.99. The quantitative estimate of drug-likeness (QED) is 0.632. The summed E-state index contributed by atoms with van der Waals surface area (Å²) in [7, 11) is 2.99. The Morgan fingerprint density at radius 2 is 2.00 bits per heavy atom. The van der Waals surface area contributed by atoms with E-state index in [1.807, 2.05) is 13.8 Å². The number of benzene rings is 1. The van der Waals surface area contributed by atoms with Crippen LogP contribution in [0.15, 0.2) is 12.1 Å². The van der Waals surface area contributed by atoms with Gasteiger partial charge in [0.1, 0.15) is 5.75 Å². The molecule has 3 nitrogen and oxygen atoms in total. The van der Waals surface area contributed by atoms with Gasteiger partial charge in [0.15, 0.2) is 0 Å². The molecule has 0 radical (unpaired) electrons. The maximum absolute atomic E-state index is 11.6. The third-order valence-corrected chi connectivity index (χ3v) is 2.95. The Morgan fingerprint density at radius 3 is 2.44 bits per heavy atom. The molecule has 1 aromatic rings. The molecular weight excluding hydrogens is 272 g/mol. The van der Waals surface area contributed by atoms with Crippen molar-refractivity contribution in [2.45, 2.75) is 18.7 Å². The second-order valence-corrected chi connectivity index (χ2v) is 4.84. The molecule has 0 aliphatic carbocycles. The smallest absolute Gasteiger partial charge is 0.338 e. The fourth-order valence-electron chi connectivity index (χ4n) is 1.73. The van der Waals surface area contributed by atoms with Crippen molar-refractivity contribution < 1.29 is 14.3 Å². The number of ether oxygens (including phenoxy) is 2. The number of hydrogen-bond donors (Lipinski definition) is 0. The fourth-order valence-corrected chi connectivity index (χ4v) is 2.32. The molecule has 0 amide bonds. The number of carbonyl (C=O) groups is 1. The minimum Gasteiger partial charge on any atom is -0.496 e. The molecule has 88 valence electrons. The fraction of sp³-hybridized carbons (Fsp3) is 0.417. The van der Waals surface area contributed by atoms with Crippen LogP contribution in [0.3, 0.4) is 0 Å². The van der Waals surface area contributed by atoms with Gasteiger partial charge in [-0.2, -0.15) is 0 Å². The molecule has 0 bridgehead atoms. The van der Waals surface area contributed by atoms with E-state index in [1.54, 1.807) is 19.2 Å². The van der Waals surface area contributed by atoms with Gasteiger partial charge in [-0.1, -0.05) is 15.9 Å². The van der Waals surface area contributed by atoms with Crippen LogP contribution in [-0.4, -0.2) is 20.2 Å². The van der Waals surface area contributed by atoms with E-state index in [0.29, 0.717) is 5.56 Å². The normalized spacial score (nSPS) is 12.1. The number of hydrogen-bond acceptors (Lipinski definition) is 3. The molecule has 0 heterocycles. The molecule has 0 saturated carbocycles. The minimum atomic E-state index is -0.327. The van der Waals surface area contributed by atoms with E-state index in [0.717, 1.165) is 16.9 Å². The zero-order valence-corrected chi connectivity index (χ0v) is 11.4. The molecule has 1 atom stereocenters. The Labute approximate surface area is 104 Å². The Morgan fingerprint density at radius 1 is 1.38 bits per heavy atom. The lowest BCUT2D eigenvalue weighted by Gasteiger charge is -2.16. The Kier molecular flexibility index (Phi) is 4.35. The van der Waals surface area contributed by atoms with Gasteiger partial charge in [0, 0.05) is 4.83 Å². The third kappa shape index (κ3) is 2.38. The van der Waals surface area contributed by atoms with Crippen molar-refractivity contribution in [3.05, 3.63) is 28.8 Å². The zero-order chi connectivity index (χ0) is 12.3. The van der Waals surface area contributed by atoms with Crippen LogP contribution < -0.4 is 4.74 Å². The van der Waals surface area contributed by atoms with Crippen molar-refractivity contribution in [3.63, 3.8) is 0 Å². The summed E-state index contributed by atoms with van der Waals surface area (Å²) in [5, 5.41) is 0. The van der Waals surface area contributed by atoms with Crippen molar-refractivity contribution in [2.24, 2.45) is 0 Å². The van der Waals surface area contributed by atoms with Crippen molar-refractivity contribution in [1.82, 2.24) is 0 Å². The first-order valence-corrected chi connectivity index (χ1v) is 5.84. The van der Waals surface area contributed by atoms with Gasteiger partial charge in [-0.3, -0.25) is 0 Å². The van der Waals surface area contributed by atoms with Crippen LogP contribution in [-0.2, 0) is 4.74 Å². The predicted octanol–water partition coefficient (Wildman–Crippen LogP) is 3.25. The summed E-state index contributed by atoms with van der Waals surface area (Å²) in [5.41, 5.74) is 2.44. The molecular formula is C12H15BrO3. The summed E-state index contributed by atoms with van der Waals surface area (Å²) in [6.45, 7) is 3.90. The molecule has 0 fully saturated rings. The van der Waals surface area contributed by atoms with Gasteiger partial charge in [0.25, 0.3) is 0 Å². The number of carbonyl (C=O) groups excluding carboxylic acids is 1. The second kappa shape index (κ2) is 5.34. The molecule has 4 heteroatoms. The van der Waals surface area contributed by atoms with E-state index in [-0.39, 0.29) is 10.8 Å². The SMILES string of the molecule is COC(=O)c1ccc(OC)c(C)c1C(C)Br. The van der Waals surface area contributed by atoms with Gasteiger partial charge in [-0.15, -0.1) is 0 Å². The van der Waals surface area contributed by atoms with E-state index in [2.05, 4.69) is 15.9 Å². The van der Waals surface area contributed by atoms with Crippen molar-refractivity contribution in [2.75, 3.05) is 14.2 Å². The highest BCUT2D eigenvalue weighted by atomic mass is 79.9. The first kappa shape index (κ1) is 13.0. The van der Waals surface area contributed by atoms with Crippen LogP contribution in [0.25, 0.3) is 0 Å². The summed E-state index contributed by atoms with van der Waals surface area (Å²) in [6.07, 6.45) is 0. The highest BCUT2D eigenvalue weighted by Crippen LogP contribution is 2.33. The van der Waals surface area contributed by atoms with Gasteiger partial charge in [-0.25, -0.2) is 4.79 Å². The Hall–Kier alpha value is -1.03. The standard InChI is InChI=1S/C12H15BrO3/c1-7-10(15-3)6-5-9(12(14)16-4)11(7)8(2)13/h5-6,8H,1-4H3. The van der Waals surface area contributed by atoms with E-state index in [4.69, 9.17) is 9.47 Å². The van der Waals surface area contributed by atoms with Crippen molar-refractivity contribution >= 4 is 21.9 Å². The number of methoxy groups -OCH3 is 2. The van der Waals surface area contributed by atoms with Crippen LogP contribution >= 0.6 is 15.9 Å². The van der Waals surface area contributed by atoms with Crippen LogP contribution in [0, 0.1) is 6.92 Å². The molecule has 1 unspecified atom stereocenters. The molecule has 0 aromatic heterocycles. The molecule has 0 N–H and O–H groups in total. The Bertz CT molecular complexity index is 399. The molecule has 1 rings (SSSR count). The number of rotatable bonds is 3. The first-order valence-electron chi connectivity index (χ1n) is 4.92. The summed E-state index contributed by atoms with van der Waals surface area (Å²) >= 11 is 3.48. The third-order valence-electron chi connectivity index (χ3n) is 2.49. The number of alkyl halides is 1. The molecule has 1 aromatic carbocycles. The minimum absolute atomic E-state index is 0.0664. The summed E-state index contributed by atoms with van der Waals surface area (Å²) in [5.74, 6) is 0.445. The highest BCUT2D eigenvalue weighted by molar-refractivity contribution is 9.09. The average molecular weight is 287 g/mol. The van der Waals surface area contributed by atoms with Crippen molar-refractivity contribution in [1.29, 1.82) is 0 Å². The maximum atomic E-state index is 11.6. The lowest BCUT2D eigenvalue weighted by molar-refractivity contribution is 0.0599. The van der Waals surface area contributed by atoms with Crippen molar-refractivity contribution in [3.8, 4) is 5.75 Å². The van der Waals surface area contributed by atoms with E-state index in [9.17, 15) is 4.79 Å². The molecule has 0 saturated heterocycles. The molecule has 0 aliphatic heterocycles. The van der Waals surface area contributed by atoms with Crippen LogP contribution in [0.2, 0.25) is 0 Å². The summed E-state index contributed by atoms with van der Waals surface area (Å²) in [4.78, 5) is 11.7. The van der Waals surface area contributed by atoms with E-state index < -0.39 is 0 Å². The summed E-state index contributed by atoms with van der Waals surface area (Å²) < 4.78 is 9.99.